The summed E-state index contributed by atoms with van der Waals surface area (Å²) in [6.45, 7) is 1.93. The number of pyridine rings is 1. The van der Waals surface area contributed by atoms with Crippen LogP contribution >= 0.6 is 0 Å². The van der Waals surface area contributed by atoms with Gasteiger partial charge in [0.2, 0.25) is 0 Å². The van der Waals surface area contributed by atoms with Gasteiger partial charge in [-0.05, 0) is 24.6 Å². The molecule has 0 aliphatic carbocycles. The molecule has 0 saturated carbocycles. The predicted molar refractivity (Wildman–Crippen MR) is 69.5 cm³/mol. The van der Waals surface area contributed by atoms with E-state index in [1.54, 1.807) is 24.3 Å². The lowest BCUT2D eigenvalue weighted by molar-refractivity contribution is 0.112. The number of aliphatic hydroxyl groups excluding tert-OH is 1. The normalized spacial score (nSPS) is 12.1. The Bertz CT molecular complexity index is 534. The van der Waals surface area contributed by atoms with Gasteiger partial charge in [-0.2, -0.15) is 0 Å². The van der Waals surface area contributed by atoms with Crippen LogP contribution in [0.1, 0.15) is 33.4 Å². The summed E-state index contributed by atoms with van der Waals surface area (Å²) in [6.07, 6.45) is 0.667. The fraction of sp³-hybridized carbons (Fsp3) is 0.200. The van der Waals surface area contributed by atoms with E-state index >= 15 is 0 Å². The molecule has 0 aliphatic heterocycles. The molecule has 92 valence electrons. The summed E-state index contributed by atoms with van der Waals surface area (Å²) in [4.78, 5) is 14.9. The number of carbonyl (C=O) groups excluding carboxylic acids is 1. The van der Waals surface area contributed by atoms with Crippen molar-refractivity contribution >= 4 is 6.29 Å². The number of aryl methyl sites for hydroxylation is 1. The van der Waals surface area contributed by atoms with E-state index < -0.39 is 6.10 Å². The monoisotopic (exact) mass is 241 g/mol. The van der Waals surface area contributed by atoms with Crippen LogP contribution in [0, 0.1) is 6.92 Å². The van der Waals surface area contributed by atoms with Gasteiger partial charge in [0.25, 0.3) is 0 Å². The number of hydrogen-bond acceptors (Lipinski definition) is 3. The molecule has 0 bridgehead atoms. The second-order valence-electron chi connectivity index (χ2n) is 4.27. The largest absolute Gasteiger partial charge is 0.388 e. The highest BCUT2D eigenvalue weighted by molar-refractivity contribution is 5.74. The van der Waals surface area contributed by atoms with Gasteiger partial charge in [-0.25, -0.2) is 0 Å². The summed E-state index contributed by atoms with van der Waals surface area (Å²) in [6, 6.07) is 12.7. The zero-order valence-electron chi connectivity index (χ0n) is 10.2. The van der Waals surface area contributed by atoms with E-state index in [9.17, 15) is 9.90 Å². The first-order valence-corrected chi connectivity index (χ1v) is 5.85. The van der Waals surface area contributed by atoms with Gasteiger partial charge >= 0.3 is 0 Å². The lowest BCUT2D eigenvalue weighted by Crippen LogP contribution is -2.04. The Morgan fingerprint density at radius 2 is 1.94 bits per heavy atom. The summed E-state index contributed by atoms with van der Waals surface area (Å²) >= 11 is 0. The quantitative estimate of drug-likeness (QED) is 0.837. The van der Waals surface area contributed by atoms with E-state index in [4.69, 9.17) is 0 Å². The fourth-order valence-electron chi connectivity index (χ4n) is 1.83. The van der Waals surface area contributed by atoms with Crippen molar-refractivity contribution in [3.63, 3.8) is 0 Å². The maximum Gasteiger partial charge on any atom is 0.150 e. The van der Waals surface area contributed by atoms with Crippen LogP contribution in [0.5, 0.6) is 0 Å². The second kappa shape index (κ2) is 5.56. The summed E-state index contributed by atoms with van der Waals surface area (Å²) in [5, 5.41) is 10.1. The molecule has 1 atom stereocenters. The molecule has 2 aromatic rings. The fourth-order valence-corrected chi connectivity index (χ4v) is 1.83. The van der Waals surface area contributed by atoms with E-state index in [1.807, 2.05) is 25.1 Å². The summed E-state index contributed by atoms with van der Waals surface area (Å²) < 4.78 is 0. The van der Waals surface area contributed by atoms with Crippen molar-refractivity contribution in [2.24, 2.45) is 0 Å². The van der Waals surface area contributed by atoms with Crippen molar-refractivity contribution in [2.75, 3.05) is 0 Å². The molecule has 0 radical (unpaired) electrons. The molecular formula is C15H15NO2. The lowest BCUT2D eigenvalue weighted by Gasteiger charge is -2.11. The summed E-state index contributed by atoms with van der Waals surface area (Å²) in [5.41, 5.74) is 3.21. The molecular weight excluding hydrogens is 226 g/mol. The number of benzene rings is 1. The van der Waals surface area contributed by atoms with E-state index in [-0.39, 0.29) is 0 Å². The van der Waals surface area contributed by atoms with Crippen LogP contribution in [0.15, 0.2) is 42.5 Å². The van der Waals surface area contributed by atoms with Gasteiger partial charge in [-0.3, -0.25) is 9.78 Å². The summed E-state index contributed by atoms with van der Waals surface area (Å²) in [7, 11) is 0. The number of aldehydes is 1. The zero-order chi connectivity index (χ0) is 13.0. The molecule has 0 unspecified atom stereocenters. The van der Waals surface area contributed by atoms with Gasteiger partial charge in [-0.15, -0.1) is 0 Å². The smallest absolute Gasteiger partial charge is 0.150 e. The zero-order valence-corrected chi connectivity index (χ0v) is 10.2. The van der Waals surface area contributed by atoms with Crippen molar-refractivity contribution in [2.45, 2.75) is 19.4 Å². The Balaban J connectivity index is 2.11. The molecule has 1 aromatic carbocycles. The van der Waals surface area contributed by atoms with Gasteiger partial charge in [-0.1, -0.05) is 30.3 Å². The molecule has 1 heterocycles. The minimum atomic E-state index is -0.597. The maximum atomic E-state index is 10.5. The van der Waals surface area contributed by atoms with E-state index in [0.717, 1.165) is 23.2 Å². The minimum Gasteiger partial charge on any atom is -0.388 e. The van der Waals surface area contributed by atoms with Crippen molar-refractivity contribution in [3.8, 4) is 0 Å². The van der Waals surface area contributed by atoms with E-state index in [0.29, 0.717) is 12.0 Å². The van der Waals surface area contributed by atoms with Crippen LogP contribution in [0.2, 0.25) is 0 Å². The van der Waals surface area contributed by atoms with Crippen LogP contribution in [0.3, 0.4) is 0 Å². The second-order valence-corrected chi connectivity index (χ2v) is 4.27. The van der Waals surface area contributed by atoms with Crippen molar-refractivity contribution in [1.82, 2.24) is 4.98 Å². The Morgan fingerprint density at radius 3 is 2.56 bits per heavy atom. The van der Waals surface area contributed by atoms with Gasteiger partial charge in [0.15, 0.2) is 0 Å². The Kier molecular flexibility index (Phi) is 3.85. The number of aromatic nitrogens is 1. The lowest BCUT2D eigenvalue weighted by atomic mass is 10.0. The average Bonchev–Trinajstić information content (AvgIpc) is 2.39. The average molecular weight is 241 g/mol. The molecule has 2 rings (SSSR count). The van der Waals surface area contributed by atoms with Crippen LogP contribution in [0.4, 0.5) is 0 Å². The minimum absolute atomic E-state index is 0.474. The highest BCUT2D eigenvalue weighted by atomic mass is 16.3. The standard InChI is InChI=1S/C15H15NO2/c1-11-3-2-4-14(16-11)9-15(18)13-7-5-12(10-17)6-8-13/h2-8,10,15,18H,9H2,1H3/t15-/m1/s1. The van der Waals surface area contributed by atoms with Crippen LogP contribution in [-0.2, 0) is 6.42 Å². The molecule has 3 heteroatoms. The summed E-state index contributed by atoms with van der Waals surface area (Å²) in [5.74, 6) is 0. The number of rotatable bonds is 4. The molecule has 0 spiro atoms. The number of carbonyl (C=O) groups is 1. The van der Waals surface area contributed by atoms with Crippen LogP contribution in [0.25, 0.3) is 0 Å². The Hall–Kier alpha value is -2.00. The van der Waals surface area contributed by atoms with Gasteiger partial charge < -0.3 is 5.11 Å². The third kappa shape index (κ3) is 3.02. The first-order chi connectivity index (χ1) is 8.69. The van der Waals surface area contributed by atoms with Crippen LogP contribution < -0.4 is 0 Å². The number of aliphatic hydroxyl groups is 1. The molecule has 0 saturated heterocycles. The van der Waals surface area contributed by atoms with Gasteiger partial charge in [0.1, 0.15) is 6.29 Å². The Labute approximate surface area is 106 Å². The topological polar surface area (TPSA) is 50.2 Å². The maximum absolute atomic E-state index is 10.5. The van der Waals surface area contributed by atoms with Crippen molar-refractivity contribution < 1.29 is 9.90 Å². The molecule has 18 heavy (non-hydrogen) atoms. The predicted octanol–water partition coefficient (Wildman–Crippen LogP) is 2.48. The van der Waals surface area contributed by atoms with E-state index in [1.165, 1.54) is 0 Å². The molecule has 0 fully saturated rings. The van der Waals surface area contributed by atoms with Crippen molar-refractivity contribution in [1.29, 1.82) is 0 Å². The third-order valence-corrected chi connectivity index (χ3v) is 2.81. The van der Waals surface area contributed by atoms with Crippen LogP contribution in [-0.4, -0.2) is 16.4 Å². The molecule has 1 aromatic heterocycles. The number of nitrogens with zero attached hydrogens (tertiary/aromatic N) is 1. The molecule has 3 nitrogen and oxygen atoms in total. The first kappa shape index (κ1) is 12.5. The third-order valence-electron chi connectivity index (χ3n) is 2.81. The van der Waals surface area contributed by atoms with Gasteiger partial charge in [0.05, 0.1) is 6.10 Å². The number of hydrogen-bond donors (Lipinski definition) is 1. The first-order valence-electron chi connectivity index (χ1n) is 5.85. The highest BCUT2D eigenvalue weighted by Gasteiger charge is 2.09. The molecule has 0 aliphatic rings. The highest BCUT2D eigenvalue weighted by Crippen LogP contribution is 2.17. The Morgan fingerprint density at radius 1 is 1.22 bits per heavy atom. The molecule has 1 N–H and O–H groups in total. The molecule has 0 amide bonds. The SMILES string of the molecule is Cc1cccc(C[C@@H](O)c2ccc(C=O)cc2)n1. The van der Waals surface area contributed by atoms with Crippen molar-refractivity contribution in [3.05, 3.63) is 65.0 Å². The van der Waals surface area contributed by atoms with E-state index in [2.05, 4.69) is 4.98 Å². The van der Waals surface area contributed by atoms with Gasteiger partial charge in [0, 0.05) is 23.4 Å².